The Bertz CT molecular complexity index is 1120. The molecule has 30 heavy (non-hydrogen) atoms. The summed E-state index contributed by atoms with van der Waals surface area (Å²) in [5, 5.41) is 16.2. The Morgan fingerprint density at radius 3 is 2.33 bits per heavy atom. The smallest absolute Gasteiger partial charge is 0.326 e. The number of anilines is 1. The first-order valence-electron chi connectivity index (χ1n) is 8.69. The summed E-state index contributed by atoms with van der Waals surface area (Å²) in [5.41, 5.74) is 0.821. The lowest BCUT2D eigenvalue weighted by Crippen LogP contribution is -2.34. The van der Waals surface area contributed by atoms with Crippen molar-refractivity contribution in [3.63, 3.8) is 0 Å². The number of carbonyl (C=O) groups is 2. The molecule has 0 aliphatic heterocycles. The quantitative estimate of drug-likeness (QED) is 0.446. The summed E-state index contributed by atoms with van der Waals surface area (Å²) in [4.78, 5) is 35.5. The monoisotopic (exact) mass is 425 g/mol. The number of nitro benzene ring substituents is 1. The van der Waals surface area contributed by atoms with E-state index < -0.39 is 16.9 Å². The molecular formula is C21H16ClN3O5. The van der Waals surface area contributed by atoms with Gasteiger partial charge in [-0.05, 0) is 17.7 Å². The Kier molecular flexibility index (Phi) is 6.29. The molecule has 3 rings (SSSR count). The number of rotatable bonds is 5. The average molecular weight is 426 g/mol. The normalized spacial score (nSPS) is 10.2. The highest BCUT2D eigenvalue weighted by molar-refractivity contribution is 6.34. The predicted molar refractivity (Wildman–Crippen MR) is 113 cm³/mol. The summed E-state index contributed by atoms with van der Waals surface area (Å²) < 4.78 is 5.34. The van der Waals surface area contributed by atoms with E-state index in [1.54, 1.807) is 36.4 Å². The van der Waals surface area contributed by atoms with Gasteiger partial charge in [-0.25, -0.2) is 4.79 Å². The molecule has 0 aliphatic rings. The molecule has 152 valence electrons. The van der Waals surface area contributed by atoms with E-state index in [0.29, 0.717) is 16.9 Å². The molecule has 3 aromatic carbocycles. The molecule has 0 bridgehead atoms. The van der Waals surface area contributed by atoms with Gasteiger partial charge in [0.1, 0.15) is 11.4 Å². The van der Waals surface area contributed by atoms with Gasteiger partial charge in [0.15, 0.2) is 0 Å². The minimum absolute atomic E-state index is 0.0980. The number of amides is 3. The molecule has 0 saturated heterocycles. The van der Waals surface area contributed by atoms with Crippen LogP contribution in [-0.4, -0.2) is 24.0 Å². The van der Waals surface area contributed by atoms with Crippen LogP contribution in [-0.2, 0) is 0 Å². The molecule has 0 unspecified atom stereocenters. The van der Waals surface area contributed by atoms with E-state index in [2.05, 4.69) is 10.6 Å². The number of nitrogens with zero attached hydrogens (tertiary/aromatic N) is 1. The fourth-order valence-corrected chi connectivity index (χ4v) is 3.02. The number of nitro groups is 1. The van der Waals surface area contributed by atoms with E-state index in [1.807, 2.05) is 6.07 Å². The highest BCUT2D eigenvalue weighted by atomic mass is 35.5. The van der Waals surface area contributed by atoms with Crippen molar-refractivity contribution in [3.05, 3.63) is 87.4 Å². The molecule has 0 fully saturated rings. The van der Waals surface area contributed by atoms with Crippen molar-refractivity contribution in [2.24, 2.45) is 0 Å². The van der Waals surface area contributed by atoms with Crippen molar-refractivity contribution < 1.29 is 19.2 Å². The van der Waals surface area contributed by atoms with Crippen molar-refractivity contribution >= 4 is 34.9 Å². The van der Waals surface area contributed by atoms with Crippen molar-refractivity contribution in [1.29, 1.82) is 0 Å². The van der Waals surface area contributed by atoms with Crippen LogP contribution in [0.4, 0.5) is 16.2 Å². The molecular weight excluding hydrogens is 410 g/mol. The minimum atomic E-state index is -0.947. The van der Waals surface area contributed by atoms with Crippen molar-refractivity contribution in [1.82, 2.24) is 5.32 Å². The number of nitrogens with one attached hydrogen (secondary N) is 2. The predicted octanol–water partition coefficient (Wildman–Crippen LogP) is 4.89. The SMILES string of the molecule is COc1cc(NC(=O)NC(=O)c2ccccc2Cl)c([N+](=O)[O-])cc1-c1ccccc1. The van der Waals surface area contributed by atoms with E-state index in [0.717, 1.165) is 0 Å². The van der Waals surface area contributed by atoms with Crippen LogP contribution in [0.2, 0.25) is 5.02 Å². The third-order valence-electron chi connectivity index (χ3n) is 4.19. The van der Waals surface area contributed by atoms with Crippen LogP contribution >= 0.6 is 11.6 Å². The number of urea groups is 1. The van der Waals surface area contributed by atoms with Gasteiger partial charge in [-0.2, -0.15) is 0 Å². The van der Waals surface area contributed by atoms with Crippen LogP contribution in [0, 0.1) is 10.1 Å². The molecule has 2 N–H and O–H groups in total. The summed E-state index contributed by atoms with van der Waals surface area (Å²) in [6, 6.07) is 16.9. The third-order valence-corrected chi connectivity index (χ3v) is 4.52. The Morgan fingerprint density at radius 1 is 1.03 bits per heavy atom. The van der Waals surface area contributed by atoms with Crippen molar-refractivity contribution in [2.45, 2.75) is 0 Å². The van der Waals surface area contributed by atoms with E-state index in [9.17, 15) is 19.7 Å². The number of imide groups is 1. The molecule has 0 aliphatic carbocycles. The van der Waals surface area contributed by atoms with E-state index in [-0.39, 0.29) is 22.0 Å². The second kappa shape index (κ2) is 9.06. The Hall–Kier alpha value is -3.91. The number of benzene rings is 3. The summed E-state index contributed by atoms with van der Waals surface area (Å²) in [5.74, 6) is -0.423. The molecule has 0 heterocycles. The topological polar surface area (TPSA) is 111 Å². The van der Waals surface area contributed by atoms with Gasteiger partial charge < -0.3 is 10.1 Å². The highest BCUT2D eigenvalue weighted by Crippen LogP contribution is 2.38. The van der Waals surface area contributed by atoms with E-state index in [4.69, 9.17) is 16.3 Å². The second-order valence-corrected chi connectivity index (χ2v) is 6.49. The standard InChI is InChI=1S/C21H16ClN3O5/c1-30-19-12-17(18(25(28)29)11-15(19)13-7-3-2-4-8-13)23-21(27)24-20(26)14-9-5-6-10-16(14)22/h2-12H,1H3,(H2,23,24,26,27). The fourth-order valence-electron chi connectivity index (χ4n) is 2.80. The molecule has 0 saturated carbocycles. The highest BCUT2D eigenvalue weighted by Gasteiger charge is 2.22. The van der Waals surface area contributed by atoms with Gasteiger partial charge in [0, 0.05) is 17.7 Å². The van der Waals surface area contributed by atoms with Crippen LogP contribution in [0.15, 0.2) is 66.7 Å². The third kappa shape index (κ3) is 4.56. The Balaban J connectivity index is 1.90. The summed E-state index contributed by atoms with van der Waals surface area (Å²) in [7, 11) is 1.42. The zero-order chi connectivity index (χ0) is 21.7. The molecule has 3 aromatic rings. The maximum Gasteiger partial charge on any atom is 0.326 e. The summed E-state index contributed by atoms with van der Waals surface area (Å²) in [6.07, 6.45) is 0. The number of halogens is 1. The Morgan fingerprint density at radius 2 is 1.70 bits per heavy atom. The average Bonchev–Trinajstić information content (AvgIpc) is 2.74. The summed E-state index contributed by atoms with van der Waals surface area (Å²) >= 11 is 5.95. The van der Waals surface area contributed by atoms with Gasteiger partial charge in [0.25, 0.3) is 11.6 Å². The molecule has 0 radical (unpaired) electrons. The number of carbonyl (C=O) groups excluding carboxylic acids is 2. The first-order chi connectivity index (χ1) is 14.4. The first kappa shape index (κ1) is 20.8. The van der Waals surface area contributed by atoms with Crippen LogP contribution in [0.5, 0.6) is 5.75 Å². The molecule has 8 nitrogen and oxygen atoms in total. The lowest BCUT2D eigenvalue weighted by molar-refractivity contribution is -0.383. The minimum Gasteiger partial charge on any atom is -0.496 e. The van der Waals surface area contributed by atoms with Gasteiger partial charge >= 0.3 is 6.03 Å². The van der Waals surface area contributed by atoms with Crippen molar-refractivity contribution in [2.75, 3.05) is 12.4 Å². The van der Waals surface area contributed by atoms with Gasteiger partial charge in [0.05, 0.1) is 22.6 Å². The molecule has 9 heteroatoms. The zero-order valence-electron chi connectivity index (χ0n) is 15.7. The number of hydrogen-bond donors (Lipinski definition) is 2. The Labute approximate surface area is 176 Å². The molecule has 3 amide bonds. The van der Waals surface area contributed by atoms with Crippen molar-refractivity contribution in [3.8, 4) is 16.9 Å². The number of ether oxygens (including phenoxy) is 1. The molecule has 0 atom stereocenters. The lowest BCUT2D eigenvalue weighted by atomic mass is 10.0. The zero-order valence-corrected chi connectivity index (χ0v) is 16.5. The van der Waals surface area contributed by atoms with Crippen LogP contribution < -0.4 is 15.4 Å². The molecule has 0 spiro atoms. The van der Waals surface area contributed by atoms with Gasteiger partial charge in [0.2, 0.25) is 0 Å². The van der Waals surface area contributed by atoms with Gasteiger partial charge in [-0.3, -0.25) is 20.2 Å². The van der Waals surface area contributed by atoms with Crippen LogP contribution in [0.1, 0.15) is 10.4 Å². The van der Waals surface area contributed by atoms with E-state index >= 15 is 0 Å². The van der Waals surface area contributed by atoms with Gasteiger partial charge in [-0.1, -0.05) is 54.1 Å². The summed E-state index contributed by atoms with van der Waals surface area (Å²) in [6.45, 7) is 0. The maximum atomic E-state index is 12.3. The number of hydrogen-bond acceptors (Lipinski definition) is 5. The second-order valence-electron chi connectivity index (χ2n) is 6.08. The van der Waals surface area contributed by atoms with E-state index in [1.165, 1.54) is 31.4 Å². The fraction of sp³-hybridized carbons (Fsp3) is 0.0476. The maximum absolute atomic E-state index is 12.3. The molecule has 0 aromatic heterocycles. The number of methoxy groups -OCH3 is 1. The largest absolute Gasteiger partial charge is 0.496 e. The lowest BCUT2D eigenvalue weighted by Gasteiger charge is -2.13. The van der Waals surface area contributed by atoms with Gasteiger partial charge in [-0.15, -0.1) is 0 Å². The van der Waals surface area contributed by atoms with Crippen LogP contribution in [0.25, 0.3) is 11.1 Å². The van der Waals surface area contributed by atoms with Crippen LogP contribution in [0.3, 0.4) is 0 Å². The first-order valence-corrected chi connectivity index (χ1v) is 9.07.